The topological polar surface area (TPSA) is 180 Å². The second-order valence-electron chi connectivity index (χ2n) is 11.3. The molecule has 0 amide bonds. The van der Waals surface area contributed by atoms with Crippen LogP contribution < -0.4 is 16.4 Å². The number of nitrogens with zero attached hydrogens (tertiary/aromatic N) is 3. The van der Waals surface area contributed by atoms with Gasteiger partial charge in [0, 0.05) is 38.4 Å². The van der Waals surface area contributed by atoms with E-state index in [4.69, 9.17) is 10.8 Å². The van der Waals surface area contributed by atoms with Crippen molar-refractivity contribution in [2.75, 3.05) is 23.0 Å². The monoisotopic (exact) mass is 746 g/mol. The fourth-order valence-corrected chi connectivity index (χ4v) is 6.36. The van der Waals surface area contributed by atoms with Crippen molar-refractivity contribution in [2.24, 2.45) is 0 Å². The van der Waals surface area contributed by atoms with E-state index in [1.807, 2.05) is 36.4 Å². The summed E-state index contributed by atoms with van der Waals surface area (Å²) in [5.74, 6) is 0. The number of hydrogen-bond donors (Lipinski definition) is 6. The van der Waals surface area contributed by atoms with Gasteiger partial charge in [-0.15, -0.1) is 0 Å². The van der Waals surface area contributed by atoms with Crippen LogP contribution in [0.25, 0.3) is 21.8 Å². The molecule has 2 aliphatic rings. The van der Waals surface area contributed by atoms with Gasteiger partial charge in [-0.05, 0) is 94.7 Å². The lowest BCUT2D eigenvalue weighted by Crippen LogP contribution is -2.28. The van der Waals surface area contributed by atoms with Crippen molar-refractivity contribution < 1.29 is 20.2 Å². The van der Waals surface area contributed by atoms with Gasteiger partial charge in [0.1, 0.15) is 11.9 Å². The van der Waals surface area contributed by atoms with Gasteiger partial charge in [0.05, 0.1) is 45.7 Å². The number of nitro groups is 1. The molecule has 2 saturated carbocycles. The van der Waals surface area contributed by atoms with Crippen molar-refractivity contribution >= 4 is 76.4 Å². The summed E-state index contributed by atoms with van der Waals surface area (Å²) in [5.41, 5.74) is 9.86. The molecule has 11 nitrogen and oxygen atoms in total. The summed E-state index contributed by atoms with van der Waals surface area (Å²) in [6.45, 7) is 1.93. The van der Waals surface area contributed by atoms with Gasteiger partial charge in [-0.25, -0.2) is 4.98 Å². The molecule has 4 aromatic rings. The quantitative estimate of drug-likeness (QED) is 0.0928. The second kappa shape index (κ2) is 16.5. The standard InChI is InChI=1S/C15H16BrN3O3.C15H18BrN3O.C2H6O/c16-9-1-6-13-12(7-9)15(14(8-17-13)19(21)22)18-10-2-4-11(20)5-3-10;16-9-1-6-14-12(7-9)15(13(17)8-18-14)19-10-2-4-11(20)5-3-10;1-2-3/h1,6-8,10-11,20H,2-5H2,(H,17,18);1,6-8,10-11,20H,2-5,17H2,(H,18,19);3H,2H2,1H3. The van der Waals surface area contributed by atoms with Crippen molar-refractivity contribution in [1.82, 2.24) is 9.97 Å². The molecule has 242 valence electrons. The van der Waals surface area contributed by atoms with Crippen LogP contribution >= 0.6 is 31.9 Å². The Balaban J connectivity index is 0.000000189. The molecule has 6 rings (SSSR count). The molecule has 0 unspecified atom stereocenters. The number of nitrogen functional groups attached to an aromatic ring is 1. The van der Waals surface area contributed by atoms with Crippen molar-refractivity contribution in [2.45, 2.75) is 82.6 Å². The number of fused-ring (bicyclic) bond motifs is 2. The Morgan fingerprint density at radius 3 is 1.71 bits per heavy atom. The average Bonchev–Trinajstić information content (AvgIpc) is 3.01. The summed E-state index contributed by atoms with van der Waals surface area (Å²) in [4.78, 5) is 19.4. The molecule has 0 bridgehead atoms. The van der Waals surface area contributed by atoms with E-state index in [-0.39, 0.29) is 30.5 Å². The minimum atomic E-state index is -0.409. The molecule has 2 aliphatic carbocycles. The SMILES string of the molecule is CCO.Nc1cnc2ccc(Br)cc2c1NC1CCC(O)CC1.O=[N+]([O-])c1cnc2ccc(Br)cc2c1NC1CCC(O)CC1. The zero-order valence-corrected chi connectivity index (χ0v) is 28.3. The van der Waals surface area contributed by atoms with Gasteiger partial charge >= 0.3 is 5.69 Å². The molecule has 7 N–H and O–H groups in total. The fraction of sp³-hybridized carbons (Fsp3) is 0.438. The maximum atomic E-state index is 11.3. The van der Waals surface area contributed by atoms with Gasteiger partial charge in [-0.3, -0.25) is 15.1 Å². The van der Waals surface area contributed by atoms with Gasteiger partial charge < -0.3 is 31.7 Å². The van der Waals surface area contributed by atoms with E-state index >= 15 is 0 Å². The molecule has 2 aromatic carbocycles. The number of aliphatic hydroxyl groups is 3. The summed E-state index contributed by atoms with van der Waals surface area (Å²) >= 11 is 6.90. The molecule has 0 aliphatic heterocycles. The third-order valence-corrected chi connectivity index (χ3v) is 8.94. The van der Waals surface area contributed by atoms with Gasteiger partial charge in [-0.2, -0.15) is 0 Å². The number of pyridine rings is 2. The minimum Gasteiger partial charge on any atom is -0.397 e. The summed E-state index contributed by atoms with van der Waals surface area (Å²) in [7, 11) is 0. The van der Waals surface area contributed by atoms with Crippen molar-refractivity contribution in [3.63, 3.8) is 0 Å². The van der Waals surface area contributed by atoms with Crippen molar-refractivity contribution in [3.8, 4) is 0 Å². The smallest absolute Gasteiger partial charge is 0.311 e. The first-order chi connectivity index (χ1) is 21.6. The number of nitrogens with two attached hydrogens (primary N) is 1. The molecule has 2 heterocycles. The molecule has 13 heteroatoms. The Labute approximate surface area is 279 Å². The number of nitrogens with one attached hydrogen (secondary N) is 2. The Bertz CT molecular complexity index is 1590. The van der Waals surface area contributed by atoms with E-state index in [1.165, 1.54) is 6.20 Å². The van der Waals surface area contributed by atoms with Crippen LogP contribution in [-0.4, -0.2) is 61.1 Å². The van der Waals surface area contributed by atoms with Crippen molar-refractivity contribution in [3.05, 3.63) is 67.9 Å². The van der Waals surface area contributed by atoms with Crippen LogP contribution in [0.5, 0.6) is 0 Å². The van der Waals surface area contributed by atoms with Crippen LogP contribution in [0.2, 0.25) is 0 Å². The van der Waals surface area contributed by atoms with E-state index in [0.717, 1.165) is 82.3 Å². The number of halogens is 2. The van der Waals surface area contributed by atoms with Gasteiger partial charge in [0.2, 0.25) is 0 Å². The average molecular weight is 749 g/mol. The van der Waals surface area contributed by atoms with Crippen LogP contribution in [0, 0.1) is 10.1 Å². The van der Waals surface area contributed by atoms with Crippen LogP contribution in [0.3, 0.4) is 0 Å². The molecule has 2 fully saturated rings. The molecule has 0 radical (unpaired) electrons. The van der Waals surface area contributed by atoms with Gasteiger partial charge in [0.15, 0.2) is 0 Å². The third kappa shape index (κ3) is 9.46. The van der Waals surface area contributed by atoms with Gasteiger partial charge in [0.25, 0.3) is 0 Å². The highest BCUT2D eigenvalue weighted by atomic mass is 79.9. The minimum absolute atomic E-state index is 0.0169. The zero-order chi connectivity index (χ0) is 32.5. The molecule has 2 aromatic heterocycles. The predicted molar refractivity (Wildman–Crippen MR) is 186 cm³/mol. The first kappa shape index (κ1) is 34.8. The van der Waals surface area contributed by atoms with Crippen molar-refractivity contribution in [1.29, 1.82) is 0 Å². The van der Waals surface area contributed by atoms with Crippen LogP contribution in [-0.2, 0) is 0 Å². The molecular formula is C32H40Br2N6O5. The summed E-state index contributed by atoms with van der Waals surface area (Å²) < 4.78 is 1.86. The lowest BCUT2D eigenvalue weighted by atomic mass is 9.93. The fourth-order valence-electron chi connectivity index (χ4n) is 5.63. The first-order valence-electron chi connectivity index (χ1n) is 15.2. The Morgan fingerprint density at radius 1 is 0.822 bits per heavy atom. The molecule has 0 atom stereocenters. The highest BCUT2D eigenvalue weighted by molar-refractivity contribution is 9.10. The normalized spacial score (nSPS) is 21.2. The lowest BCUT2D eigenvalue weighted by Gasteiger charge is -2.28. The van der Waals surface area contributed by atoms with E-state index < -0.39 is 4.92 Å². The Morgan fingerprint density at radius 2 is 1.24 bits per heavy atom. The Kier molecular flexibility index (Phi) is 12.7. The molecule has 0 saturated heterocycles. The van der Waals surface area contributed by atoms with Crippen LogP contribution in [0.4, 0.5) is 22.7 Å². The highest BCUT2D eigenvalue weighted by Crippen LogP contribution is 2.36. The number of hydrogen-bond acceptors (Lipinski definition) is 10. The van der Waals surface area contributed by atoms with E-state index in [1.54, 1.807) is 13.1 Å². The summed E-state index contributed by atoms with van der Waals surface area (Å²) in [6.07, 6.45) is 9.30. The second-order valence-corrected chi connectivity index (χ2v) is 13.1. The molecule has 45 heavy (non-hydrogen) atoms. The van der Waals surface area contributed by atoms with E-state index in [2.05, 4.69) is 52.5 Å². The number of benzene rings is 2. The van der Waals surface area contributed by atoms with Crippen LogP contribution in [0.1, 0.15) is 58.3 Å². The highest BCUT2D eigenvalue weighted by Gasteiger charge is 2.25. The lowest BCUT2D eigenvalue weighted by molar-refractivity contribution is -0.384. The molecule has 0 spiro atoms. The zero-order valence-electron chi connectivity index (χ0n) is 25.1. The Hall–Kier alpha value is -3.10. The number of aliphatic hydroxyl groups excluding tert-OH is 3. The third-order valence-electron chi connectivity index (χ3n) is 7.96. The van der Waals surface area contributed by atoms with E-state index in [0.29, 0.717) is 22.9 Å². The predicted octanol–water partition coefficient (Wildman–Crippen LogP) is 6.91. The molecular weight excluding hydrogens is 708 g/mol. The summed E-state index contributed by atoms with van der Waals surface area (Å²) in [5, 5.41) is 46.7. The maximum absolute atomic E-state index is 11.3. The maximum Gasteiger partial charge on any atom is 0.311 e. The number of aromatic nitrogens is 2. The summed E-state index contributed by atoms with van der Waals surface area (Å²) in [6, 6.07) is 12.0. The van der Waals surface area contributed by atoms with E-state index in [9.17, 15) is 20.3 Å². The number of anilines is 3. The largest absolute Gasteiger partial charge is 0.397 e. The number of rotatable bonds is 5. The van der Waals surface area contributed by atoms with Crippen LogP contribution in [0.15, 0.2) is 57.7 Å². The first-order valence-corrected chi connectivity index (χ1v) is 16.7. The van der Waals surface area contributed by atoms with Gasteiger partial charge in [-0.1, -0.05) is 31.9 Å².